The van der Waals surface area contributed by atoms with Gasteiger partial charge in [-0.25, -0.2) is 22.2 Å². The van der Waals surface area contributed by atoms with Gasteiger partial charge in [-0.15, -0.1) is 0 Å². The highest BCUT2D eigenvalue weighted by Crippen LogP contribution is 2.33. The minimum atomic E-state index is -4.26. The Morgan fingerprint density at radius 3 is 2.40 bits per heavy atom. The Hall–Kier alpha value is 0.270. The molecule has 0 aliphatic heterocycles. The molecule has 0 fully saturated rings. The van der Waals surface area contributed by atoms with Crippen LogP contribution >= 0.6 is 44.9 Å². The van der Waals surface area contributed by atoms with E-state index in [-0.39, 0.29) is 8.85 Å². The maximum absolute atomic E-state index is 12.5. The summed E-state index contributed by atoms with van der Waals surface area (Å²) in [4.78, 5) is 2.81. The zero-order valence-corrected chi connectivity index (χ0v) is 11.2. The Bertz CT molecular complexity index is 494. The number of hydrogen-bond donors (Lipinski definition) is 0. The average Bonchev–Trinajstić information content (AvgIpc) is 1.99. The second-order valence-electron chi connectivity index (χ2n) is 2.39. The Morgan fingerprint density at radius 1 is 1.47 bits per heavy atom. The number of rotatable bonds is 2. The molecule has 0 bridgehead atoms. The Labute approximate surface area is 107 Å². The molecule has 15 heavy (non-hydrogen) atoms. The maximum Gasteiger partial charge on any atom is 0.267 e. The molecule has 0 spiro atoms. The van der Waals surface area contributed by atoms with Crippen molar-refractivity contribution in [3.8, 4) is 0 Å². The third kappa shape index (κ3) is 3.11. The lowest BCUT2D eigenvalue weighted by atomic mass is 10.3. The van der Waals surface area contributed by atoms with E-state index in [1.54, 1.807) is 0 Å². The van der Waals surface area contributed by atoms with Crippen LogP contribution in [0.2, 0.25) is 5.15 Å². The van der Waals surface area contributed by atoms with Crippen LogP contribution in [0.25, 0.3) is 0 Å². The molecule has 0 unspecified atom stereocenters. The number of aromatic nitrogens is 1. The van der Waals surface area contributed by atoms with Crippen molar-refractivity contribution < 1.29 is 17.2 Å². The quantitative estimate of drug-likeness (QED) is 0.444. The molecule has 3 nitrogen and oxygen atoms in total. The SMILES string of the molecule is O=S(=O)(Cl)c1cc(Cl)nc(I)c1C(F)F. The van der Waals surface area contributed by atoms with Gasteiger partial charge >= 0.3 is 0 Å². The molecule has 1 aromatic heterocycles. The summed E-state index contributed by atoms with van der Waals surface area (Å²) in [6, 6.07) is 0.799. The Balaban J connectivity index is 3.62. The lowest BCUT2D eigenvalue weighted by molar-refractivity contribution is 0.146. The minimum absolute atomic E-state index is 0.186. The molecule has 0 aliphatic rings. The fourth-order valence-electron chi connectivity index (χ4n) is 0.873. The molecule has 0 amide bonds. The molecule has 0 atom stereocenters. The fraction of sp³-hybridized carbons (Fsp3) is 0.167. The summed E-state index contributed by atoms with van der Waals surface area (Å²) in [6.07, 6.45) is -2.98. The van der Waals surface area contributed by atoms with Gasteiger partial charge in [0.05, 0.1) is 10.5 Å². The first-order valence-electron chi connectivity index (χ1n) is 3.32. The second-order valence-corrected chi connectivity index (χ2v) is 6.33. The molecule has 0 N–H and O–H groups in total. The van der Waals surface area contributed by atoms with E-state index in [1.807, 2.05) is 0 Å². The van der Waals surface area contributed by atoms with Crippen LogP contribution in [0.3, 0.4) is 0 Å². The number of nitrogens with zero attached hydrogens (tertiary/aromatic N) is 1. The van der Waals surface area contributed by atoms with Gasteiger partial charge < -0.3 is 0 Å². The lowest BCUT2D eigenvalue weighted by Crippen LogP contribution is -2.03. The van der Waals surface area contributed by atoms with E-state index in [2.05, 4.69) is 4.98 Å². The standard InChI is InChI=1S/C6H2Cl2F2INO2S/c7-3-1-2(15(8,13)14)4(5(9)10)6(11)12-3/h1,5H. The molecule has 84 valence electrons. The van der Waals surface area contributed by atoms with Crippen molar-refractivity contribution in [1.82, 2.24) is 4.98 Å². The van der Waals surface area contributed by atoms with Crippen molar-refractivity contribution in [3.05, 3.63) is 20.5 Å². The zero-order chi connectivity index (χ0) is 11.8. The predicted molar refractivity (Wildman–Crippen MR) is 60.0 cm³/mol. The van der Waals surface area contributed by atoms with Gasteiger partial charge in [-0.3, -0.25) is 0 Å². The predicted octanol–water partition coefficient (Wildman–Crippen LogP) is 3.20. The monoisotopic (exact) mass is 387 g/mol. The van der Waals surface area contributed by atoms with Crippen molar-refractivity contribution in [3.63, 3.8) is 0 Å². The van der Waals surface area contributed by atoms with E-state index in [0.29, 0.717) is 0 Å². The van der Waals surface area contributed by atoms with Crippen molar-refractivity contribution in [2.45, 2.75) is 11.3 Å². The Kier molecular flexibility index (Phi) is 4.13. The molecular weight excluding hydrogens is 386 g/mol. The second kappa shape index (κ2) is 4.64. The van der Waals surface area contributed by atoms with Gasteiger partial charge in [0.1, 0.15) is 8.85 Å². The van der Waals surface area contributed by atoms with Crippen LogP contribution in [0, 0.1) is 3.70 Å². The van der Waals surface area contributed by atoms with E-state index in [9.17, 15) is 17.2 Å². The van der Waals surface area contributed by atoms with Crippen molar-refractivity contribution in [1.29, 1.82) is 0 Å². The molecule has 1 rings (SSSR count). The molecular formula is C6H2Cl2F2INO2S. The number of halogens is 5. The van der Waals surface area contributed by atoms with Gasteiger partial charge in [-0.2, -0.15) is 0 Å². The summed E-state index contributed by atoms with van der Waals surface area (Å²) >= 11 is 6.92. The van der Waals surface area contributed by atoms with E-state index < -0.39 is 25.9 Å². The van der Waals surface area contributed by atoms with Crippen LogP contribution in [0.1, 0.15) is 12.0 Å². The molecule has 0 aromatic carbocycles. The van der Waals surface area contributed by atoms with Crippen LogP contribution in [-0.2, 0) is 9.05 Å². The molecule has 0 radical (unpaired) electrons. The third-order valence-electron chi connectivity index (χ3n) is 1.42. The van der Waals surface area contributed by atoms with Gasteiger partial charge in [0.2, 0.25) is 0 Å². The van der Waals surface area contributed by atoms with Gasteiger partial charge in [0, 0.05) is 10.7 Å². The average molecular weight is 388 g/mol. The summed E-state index contributed by atoms with van der Waals surface area (Å²) in [6.45, 7) is 0. The minimum Gasteiger partial charge on any atom is -0.230 e. The lowest BCUT2D eigenvalue weighted by Gasteiger charge is -2.07. The van der Waals surface area contributed by atoms with Crippen LogP contribution in [0.15, 0.2) is 11.0 Å². The largest absolute Gasteiger partial charge is 0.267 e. The topological polar surface area (TPSA) is 47.0 Å². The number of pyridine rings is 1. The van der Waals surface area contributed by atoms with Gasteiger partial charge in [-0.05, 0) is 28.7 Å². The van der Waals surface area contributed by atoms with Crippen molar-refractivity contribution in [2.24, 2.45) is 0 Å². The highest BCUT2D eigenvalue weighted by Gasteiger charge is 2.26. The smallest absolute Gasteiger partial charge is 0.230 e. The summed E-state index contributed by atoms with van der Waals surface area (Å²) in [7, 11) is 0.740. The van der Waals surface area contributed by atoms with Crippen LogP contribution in [0.4, 0.5) is 8.78 Å². The van der Waals surface area contributed by atoms with Crippen molar-refractivity contribution >= 4 is 53.9 Å². The van der Waals surface area contributed by atoms with E-state index in [4.69, 9.17) is 22.3 Å². The summed E-state index contributed by atoms with van der Waals surface area (Å²) in [5, 5.41) is -0.206. The Morgan fingerprint density at radius 2 is 2.00 bits per heavy atom. The highest BCUT2D eigenvalue weighted by molar-refractivity contribution is 14.1. The van der Waals surface area contributed by atoms with Gasteiger partial charge in [0.25, 0.3) is 15.5 Å². The molecule has 1 heterocycles. The van der Waals surface area contributed by atoms with Gasteiger partial charge in [0.15, 0.2) is 0 Å². The first kappa shape index (κ1) is 13.3. The first-order chi connectivity index (χ1) is 6.73. The fourth-order valence-corrected chi connectivity index (χ4v) is 3.33. The number of alkyl halides is 2. The van der Waals surface area contributed by atoms with Gasteiger partial charge in [-0.1, -0.05) is 11.6 Å². The van der Waals surface area contributed by atoms with E-state index >= 15 is 0 Å². The van der Waals surface area contributed by atoms with Crippen LogP contribution in [-0.4, -0.2) is 13.4 Å². The highest BCUT2D eigenvalue weighted by atomic mass is 127. The summed E-state index contributed by atoms with van der Waals surface area (Å²) in [5.74, 6) is 0. The molecule has 0 saturated heterocycles. The maximum atomic E-state index is 12.5. The molecule has 9 heteroatoms. The third-order valence-corrected chi connectivity index (χ3v) is 3.80. The zero-order valence-electron chi connectivity index (χ0n) is 6.72. The van der Waals surface area contributed by atoms with E-state index in [1.165, 1.54) is 22.6 Å². The molecule has 1 aromatic rings. The van der Waals surface area contributed by atoms with E-state index in [0.717, 1.165) is 6.07 Å². The first-order valence-corrected chi connectivity index (χ1v) is 7.09. The van der Waals surface area contributed by atoms with Crippen LogP contribution < -0.4 is 0 Å². The summed E-state index contributed by atoms with van der Waals surface area (Å²) < 4.78 is 46.9. The summed E-state index contributed by atoms with van der Waals surface area (Å²) in [5.41, 5.74) is -0.727. The number of hydrogen-bond acceptors (Lipinski definition) is 3. The van der Waals surface area contributed by atoms with Crippen LogP contribution in [0.5, 0.6) is 0 Å². The van der Waals surface area contributed by atoms with Crippen molar-refractivity contribution in [2.75, 3.05) is 0 Å². The molecule has 0 saturated carbocycles. The normalized spacial score (nSPS) is 12.1. The molecule has 0 aliphatic carbocycles.